The van der Waals surface area contributed by atoms with E-state index in [4.69, 9.17) is 4.18 Å². The third-order valence-electron chi connectivity index (χ3n) is 2.63. The average molecular weight is 350 g/mol. The molecule has 0 aromatic heterocycles. The molecule has 6 nitrogen and oxygen atoms in total. The summed E-state index contributed by atoms with van der Waals surface area (Å²) in [5.41, 5.74) is 0.858. The van der Waals surface area contributed by atoms with Gasteiger partial charge >= 0.3 is 39.7 Å². The molecule has 0 amide bonds. The van der Waals surface area contributed by atoms with E-state index in [1.807, 2.05) is 0 Å². The molecule has 0 N–H and O–H groups in total. The monoisotopic (exact) mass is 350 g/mol. The average Bonchev–Trinajstić information content (AvgIpc) is 2.38. The van der Waals surface area contributed by atoms with E-state index in [1.54, 1.807) is 19.1 Å². The predicted molar refractivity (Wildman–Crippen MR) is 73.4 cm³/mol. The maximum absolute atomic E-state index is 12.1. The summed E-state index contributed by atoms with van der Waals surface area (Å²) in [5, 5.41) is 0. The molecule has 112 valence electrons. The van der Waals surface area contributed by atoms with E-state index in [9.17, 15) is 21.4 Å². The molecule has 0 aliphatic rings. The number of hydrogen-bond donors (Lipinski definition) is 0. The number of hydrogen-bond acceptors (Lipinski definition) is 6. The Bertz CT molecular complexity index is 858. The second-order valence-corrected chi connectivity index (χ2v) is 7.15. The van der Waals surface area contributed by atoms with Crippen LogP contribution in [0.15, 0.2) is 58.3 Å². The first-order chi connectivity index (χ1) is 9.70. The summed E-state index contributed by atoms with van der Waals surface area (Å²) in [6.45, 7) is 1.79. The molecule has 0 unspecified atom stereocenters. The van der Waals surface area contributed by atoms with E-state index in [0.29, 0.717) is 0 Å². The van der Waals surface area contributed by atoms with Crippen LogP contribution in [0.3, 0.4) is 0 Å². The molecular formula is C13H11NaO6S2. The maximum atomic E-state index is 12.1. The van der Waals surface area contributed by atoms with Crippen LogP contribution in [-0.2, 0) is 20.2 Å². The standard InChI is InChI=1S/C13H12O6S2.Na/c1-10-6-8-11(9-7-10)21(17,18)19-12-4-2-3-5-13(12)20(14,15)16;/h2-9H,1H3,(H,14,15,16);/q;+1/p-1. The molecule has 9 heteroatoms. The summed E-state index contributed by atoms with van der Waals surface area (Å²) in [5.74, 6) is -0.520. The molecule has 22 heavy (non-hydrogen) atoms. The van der Waals surface area contributed by atoms with E-state index in [-0.39, 0.29) is 34.5 Å². The number of aryl methyl sites for hydroxylation is 1. The molecular weight excluding hydrogens is 339 g/mol. The van der Waals surface area contributed by atoms with Gasteiger partial charge in [0.2, 0.25) is 0 Å². The van der Waals surface area contributed by atoms with Crippen LogP contribution >= 0.6 is 0 Å². The Morgan fingerprint density at radius 1 is 0.909 bits per heavy atom. The van der Waals surface area contributed by atoms with Gasteiger partial charge in [0.05, 0.1) is 4.90 Å². The first-order valence-electron chi connectivity index (χ1n) is 5.76. The maximum Gasteiger partial charge on any atom is 1.00 e. The Balaban J connectivity index is 0.00000242. The van der Waals surface area contributed by atoms with Crippen LogP contribution in [0.4, 0.5) is 0 Å². The van der Waals surface area contributed by atoms with Gasteiger partial charge in [0.15, 0.2) is 5.75 Å². The number of rotatable bonds is 4. The van der Waals surface area contributed by atoms with Crippen molar-refractivity contribution in [3.63, 3.8) is 0 Å². The van der Waals surface area contributed by atoms with Crippen molar-refractivity contribution in [2.24, 2.45) is 0 Å². The summed E-state index contributed by atoms with van der Waals surface area (Å²) >= 11 is 0. The molecule has 2 aromatic carbocycles. The van der Waals surface area contributed by atoms with Gasteiger partial charge in [-0.25, -0.2) is 8.42 Å². The molecule has 0 atom stereocenters. The first-order valence-corrected chi connectivity index (χ1v) is 8.58. The van der Waals surface area contributed by atoms with Crippen molar-refractivity contribution in [3.05, 3.63) is 54.1 Å². The normalized spacial score (nSPS) is 11.5. The molecule has 0 saturated heterocycles. The van der Waals surface area contributed by atoms with Gasteiger partial charge in [-0.3, -0.25) is 0 Å². The Morgan fingerprint density at radius 2 is 1.45 bits per heavy atom. The van der Waals surface area contributed by atoms with Crippen molar-refractivity contribution < 1.29 is 55.1 Å². The third-order valence-corrected chi connectivity index (χ3v) is 4.75. The summed E-state index contributed by atoms with van der Waals surface area (Å²) in [6.07, 6.45) is 0. The van der Waals surface area contributed by atoms with Gasteiger partial charge in [-0.15, -0.1) is 0 Å². The summed E-state index contributed by atoms with van der Waals surface area (Å²) in [6, 6.07) is 10.6. The van der Waals surface area contributed by atoms with Crippen LogP contribution in [0.1, 0.15) is 5.56 Å². The molecule has 0 aliphatic carbocycles. The van der Waals surface area contributed by atoms with E-state index < -0.39 is 30.9 Å². The van der Waals surface area contributed by atoms with E-state index in [1.165, 1.54) is 24.3 Å². The van der Waals surface area contributed by atoms with Crippen molar-refractivity contribution in [2.45, 2.75) is 16.7 Å². The zero-order chi connectivity index (χ0) is 15.7. The van der Waals surface area contributed by atoms with Gasteiger partial charge in [-0.05, 0) is 31.2 Å². The molecule has 0 spiro atoms. The first kappa shape index (κ1) is 19.1. The fourth-order valence-electron chi connectivity index (χ4n) is 1.60. The smallest absolute Gasteiger partial charge is 0.744 e. The summed E-state index contributed by atoms with van der Waals surface area (Å²) < 4.78 is 62.2. The summed E-state index contributed by atoms with van der Waals surface area (Å²) in [4.78, 5) is -0.855. The minimum Gasteiger partial charge on any atom is -0.744 e. The molecule has 0 bridgehead atoms. The van der Waals surface area contributed by atoms with Crippen molar-refractivity contribution >= 4 is 20.2 Å². The van der Waals surface area contributed by atoms with Crippen LogP contribution in [0.25, 0.3) is 0 Å². The molecule has 2 aromatic rings. The SMILES string of the molecule is Cc1ccc(S(=O)(=O)Oc2ccccc2S(=O)(=O)[O-])cc1.[Na+]. The van der Waals surface area contributed by atoms with Gasteiger partial charge in [0.25, 0.3) is 0 Å². The van der Waals surface area contributed by atoms with Gasteiger partial charge in [-0.2, -0.15) is 8.42 Å². The van der Waals surface area contributed by atoms with Crippen LogP contribution in [0, 0.1) is 6.92 Å². The van der Waals surface area contributed by atoms with E-state index >= 15 is 0 Å². The summed E-state index contributed by atoms with van der Waals surface area (Å²) in [7, 11) is -9.05. The van der Waals surface area contributed by atoms with Crippen molar-refractivity contribution in [1.29, 1.82) is 0 Å². The second-order valence-electron chi connectivity index (χ2n) is 4.25. The molecule has 0 radical (unpaired) electrons. The van der Waals surface area contributed by atoms with Gasteiger partial charge in [0, 0.05) is 0 Å². The molecule has 0 fully saturated rings. The van der Waals surface area contributed by atoms with Gasteiger partial charge < -0.3 is 8.74 Å². The molecule has 2 rings (SSSR count). The fourth-order valence-corrected chi connectivity index (χ4v) is 3.20. The largest absolute Gasteiger partial charge is 1.00 e. The van der Waals surface area contributed by atoms with Crippen molar-refractivity contribution in [2.75, 3.05) is 0 Å². The molecule has 0 heterocycles. The third kappa shape index (κ3) is 4.55. The number of benzene rings is 2. The van der Waals surface area contributed by atoms with E-state index in [2.05, 4.69) is 0 Å². The second kappa shape index (κ2) is 7.12. The minimum absolute atomic E-state index is 0. The van der Waals surface area contributed by atoms with Crippen LogP contribution in [0.2, 0.25) is 0 Å². The predicted octanol–water partition coefficient (Wildman–Crippen LogP) is -1.33. The molecule has 0 aliphatic heterocycles. The Hall–Kier alpha value is -0.900. The Morgan fingerprint density at radius 3 is 2.00 bits per heavy atom. The fraction of sp³-hybridized carbons (Fsp3) is 0.0769. The Labute approximate surface area is 151 Å². The Kier molecular flexibility index (Phi) is 6.19. The zero-order valence-corrected chi connectivity index (χ0v) is 15.5. The zero-order valence-electron chi connectivity index (χ0n) is 11.9. The quantitative estimate of drug-likeness (QED) is 0.385. The van der Waals surface area contributed by atoms with Crippen LogP contribution in [0.5, 0.6) is 5.75 Å². The van der Waals surface area contributed by atoms with Gasteiger partial charge in [-0.1, -0.05) is 29.8 Å². The van der Waals surface area contributed by atoms with Crippen LogP contribution in [-0.4, -0.2) is 21.4 Å². The van der Waals surface area contributed by atoms with Crippen LogP contribution < -0.4 is 33.7 Å². The van der Waals surface area contributed by atoms with Crippen molar-refractivity contribution in [1.82, 2.24) is 0 Å². The minimum atomic E-state index is -4.83. The van der Waals surface area contributed by atoms with E-state index in [0.717, 1.165) is 17.7 Å². The topological polar surface area (TPSA) is 101 Å². The van der Waals surface area contributed by atoms with Crippen molar-refractivity contribution in [3.8, 4) is 5.75 Å². The number of para-hydroxylation sites is 1. The van der Waals surface area contributed by atoms with Gasteiger partial charge in [0.1, 0.15) is 15.0 Å². The molecule has 0 saturated carbocycles.